The van der Waals surface area contributed by atoms with Crippen molar-refractivity contribution >= 4 is 29.1 Å². The Morgan fingerprint density at radius 1 is 1.71 bits per heavy atom. The second-order valence-corrected chi connectivity index (χ2v) is 1.06. The van der Waals surface area contributed by atoms with Crippen molar-refractivity contribution in [2.75, 3.05) is 0 Å². The fraction of sp³-hybridized carbons (Fsp3) is 0. The van der Waals surface area contributed by atoms with E-state index in [1.54, 1.807) is 0 Å². The second kappa shape index (κ2) is 10.9. The summed E-state index contributed by atoms with van der Waals surface area (Å²) < 4.78 is 3.80. The van der Waals surface area contributed by atoms with Crippen molar-refractivity contribution in [2.24, 2.45) is 0 Å². The van der Waals surface area contributed by atoms with Crippen molar-refractivity contribution < 1.29 is 74.9 Å². The Bertz CT molecular complexity index is 55.1. The molecule has 0 aliphatic rings. The van der Waals surface area contributed by atoms with Crippen molar-refractivity contribution in [3.8, 4) is 0 Å². The molecule has 0 aromatic rings. The molecule has 7 heavy (non-hydrogen) atoms. The molecule has 0 saturated heterocycles. The summed E-state index contributed by atoms with van der Waals surface area (Å²) in [5.41, 5.74) is 0. The van der Waals surface area contributed by atoms with Gasteiger partial charge in [0, 0.05) is 0 Å². The van der Waals surface area contributed by atoms with E-state index in [4.69, 9.17) is 5.11 Å². The molecule has 0 amide bonds. The van der Waals surface area contributed by atoms with Gasteiger partial charge in [-0.2, -0.15) is 0 Å². The minimum atomic E-state index is -1.19. The topological polar surface area (TPSA) is 46.5 Å². The molecule has 6 heteroatoms. The van der Waals surface area contributed by atoms with Crippen LogP contribution in [0.1, 0.15) is 2.85 Å². The smallest absolute Gasteiger partial charge is 1.00 e. The fourth-order valence-electron chi connectivity index (χ4n) is 0. The molecule has 3 nitrogen and oxygen atoms in total. The number of hydrogen-bond donors (Lipinski definition) is 1. The molecule has 0 rings (SSSR count). The first-order valence-electron chi connectivity index (χ1n) is 0.868. The first-order chi connectivity index (χ1) is 2.27. The van der Waals surface area contributed by atoms with E-state index in [-0.39, 0.29) is 62.0 Å². The van der Waals surface area contributed by atoms with Gasteiger partial charge in [0.15, 0.2) is 0 Å². The number of rotatable bonds is 0. The predicted molar refractivity (Wildman–Crippen MR) is 18.5 cm³/mol. The molecule has 1 N–H and O–H groups in total. The summed E-state index contributed by atoms with van der Waals surface area (Å²) in [5.74, 6) is 0. The summed E-state index contributed by atoms with van der Waals surface area (Å²) >= 11 is 0.327. The molecule has 0 saturated carbocycles. The SMILES string of the molecule is O=C(O)[O][SnH].[H-].[H-].[Na+].[Na+]. The van der Waals surface area contributed by atoms with Gasteiger partial charge in [-0.3, -0.25) is 0 Å². The minimum absolute atomic E-state index is 0. The maximum absolute atomic E-state index is 9.18. The molecular formula is CH4Na2O3Sn. The minimum Gasteiger partial charge on any atom is -1.00 e. The van der Waals surface area contributed by atoms with Crippen molar-refractivity contribution in [3.63, 3.8) is 0 Å². The molecule has 0 spiro atoms. The molecule has 0 aliphatic carbocycles. The van der Waals surface area contributed by atoms with Crippen LogP contribution < -0.4 is 59.1 Å². The summed E-state index contributed by atoms with van der Waals surface area (Å²) in [6, 6.07) is 0. The van der Waals surface area contributed by atoms with Gasteiger partial charge < -0.3 is 2.85 Å². The average molecular weight is 229 g/mol. The van der Waals surface area contributed by atoms with Crippen LogP contribution >= 0.6 is 0 Å². The van der Waals surface area contributed by atoms with Crippen molar-refractivity contribution in [3.05, 3.63) is 0 Å². The molecule has 0 heterocycles. The van der Waals surface area contributed by atoms with Crippen LogP contribution in [0.15, 0.2) is 0 Å². The third kappa shape index (κ3) is 18.0. The normalized spacial score (nSPS) is 4.71. The Morgan fingerprint density at radius 3 is 1.86 bits per heavy atom. The van der Waals surface area contributed by atoms with E-state index in [2.05, 4.69) is 3.07 Å². The van der Waals surface area contributed by atoms with Crippen LogP contribution in [0.4, 0.5) is 4.79 Å². The monoisotopic (exact) mass is 230 g/mol. The largest absolute Gasteiger partial charge is 1.00 e. The zero-order chi connectivity index (χ0) is 4.28. The van der Waals surface area contributed by atoms with Crippen LogP contribution in [0, 0.1) is 0 Å². The molecule has 0 fully saturated rings. The van der Waals surface area contributed by atoms with Gasteiger partial charge in [0.05, 0.1) is 0 Å². The van der Waals surface area contributed by atoms with Crippen molar-refractivity contribution in [1.29, 1.82) is 0 Å². The quantitative estimate of drug-likeness (QED) is 0.420. The van der Waals surface area contributed by atoms with E-state index in [9.17, 15) is 4.79 Å². The second-order valence-electron chi connectivity index (χ2n) is 0.384. The number of carboxylic acid groups (broad SMARTS) is 1. The van der Waals surface area contributed by atoms with Crippen LogP contribution in [-0.2, 0) is 3.07 Å². The maximum atomic E-state index is 9.18. The molecule has 0 aliphatic heterocycles. The van der Waals surface area contributed by atoms with E-state index in [0.29, 0.717) is 22.9 Å². The first-order valence-corrected chi connectivity index (χ1v) is 2.21. The van der Waals surface area contributed by atoms with Crippen LogP contribution in [-0.4, -0.2) is 34.2 Å². The molecule has 0 bridgehead atoms. The fourth-order valence-corrected chi connectivity index (χ4v) is 0. The first kappa shape index (κ1) is 16.0. The predicted octanol–water partition coefficient (Wildman–Crippen LogP) is -6.27. The van der Waals surface area contributed by atoms with E-state index in [1.165, 1.54) is 0 Å². The van der Waals surface area contributed by atoms with Crippen molar-refractivity contribution in [2.45, 2.75) is 0 Å². The average Bonchev–Trinajstić information content (AvgIpc) is 1.38. The molecule has 0 aromatic carbocycles. The summed E-state index contributed by atoms with van der Waals surface area (Å²) in [4.78, 5) is 9.18. The van der Waals surface area contributed by atoms with Crippen LogP contribution in [0.5, 0.6) is 0 Å². The zero-order valence-electron chi connectivity index (χ0n) is 6.34. The Labute approximate surface area is 102 Å². The van der Waals surface area contributed by atoms with Gasteiger partial charge in [0.1, 0.15) is 0 Å². The van der Waals surface area contributed by atoms with E-state index in [1.807, 2.05) is 0 Å². The van der Waals surface area contributed by atoms with Crippen LogP contribution in [0.3, 0.4) is 0 Å². The van der Waals surface area contributed by atoms with Gasteiger partial charge in [-0.25, -0.2) is 0 Å². The van der Waals surface area contributed by atoms with E-state index >= 15 is 0 Å². The van der Waals surface area contributed by atoms with Gasteiger partial charge in [0.25, 0.3) is 0 Å². The van der Waals surface area contributed by atoms with Gasteiger partial charge in [-0.05, 0) is 0 Å². The van der Waals surface area contributed by atoms with Crippen molar-refractivity contribution in [1.82, 2.24) is 0 Å². The molecule has 32 valence electrons. The molecule has 0 aromatic heterocycles. The molecule has 0 unspecified atom stereocenters. The van der Waals surface area contributed by atoms with E-state index < -0.39 is 6.16 Å². The summed E-state index contributed by atoms with van der Waals surface area (Å²) in [6.07, 6.45) is -1.19. The standard InChI is InChI=1S/CH2O3.2Na.Sn.3H/c2-1(3)4;;;;;;/h(H2,2,3,4);;;;;;/q;3*+1;;2*-1/p-1. The Kier molecular flexibility index (Phi) is 25.1. The molecule has 0 atom stereocenters. The molecular weight excluding hydrogens is 225 g/mol. The van der Waals surface area contributed by atoms with Gasteiger partial charge >= 0.3 is 101 Å². The maximum Gasteiger partial charge on any atom is 1.00 e. The third-order valence-electron chi connectivity index (χ3n) is 0.101. The van der Waals surface area contributed by atoms with Gasteiger partial charge in [-0.15, -0.1) is 0 Å². The van der Waals surface area contributed by atoms with Crippen LogP contribution in [0.25, 0.3) is 0 Å². The Balaban J connectivity index is -0.0000000133. The van der Waals surface area contributed by atoms with E-state index in [0.717, 1.165) is 0 Å². The molecule has 2 radical (unpaired) electrons. The number of carbonyl (C=O) groups is 1. The van der Waals surface area contributed by atoms with Crippen LogP contribution in [0.2, 0.25) is 0 Å². The van der Waals surface area contributed by atoms with Gasteiger partial charge in [-0.1, -0.05) is 0 Å². The Hall–Kier alpha value is 2.07. The zero-order valence-corrected chi connectivity index (χ0v) is 11.6. The summed E-state index contributed by atoms with van der Waals surface area (Å²) in [6.45, 7) is 0. The number of hydrogen-bond acceptors (Lipinski definition) is 2. The van der Waals surface area contributed by atoms with Gasteiger partial charge in [0.2, 0.25) is 0 Å². The third-order valence-corrected chi connectivity index (χ3v) is 0.676. The Morgan fingerprint density at radius 2 is 1.86 bits per heavy atom. The summed E-state index contributed by atoms with van der Waals surface area (Å²) in [7, 11) is 0. The summed E-state index contributed by atoms with van der Waals surface area (Å²) in [5, 5.41) is 7.53.